The van der Waals surface area contributed by atoms with Gasteiger partial charge in [-0.15, -0.1) is 0 Å². The van der Waals surface area contributed by atoms with Gasteiger partial charge in [0.1, 0.15) is 5.69 Å². The van der Waals surface area contributed by atoms with E-state index in [1.165, 1.54) is 0 Å². The van der Waals surface area contributed by atoms with Crippen LogP contribution in [0.3, 0.4) is 0 Å². The molecule has 6 heteroatoms. The summed E-state index contributed by atoms with van der Waals surface area (Å²) in [7, 11) is 0. The predicted molar refractivity (Wildman–Crippen MR) is 118 cm³/mol. The number of furan rings is 1. The van der Waals surface area contributed by atoms with Crippen LogP contribution in [0.15, 0.2) is 83.5 Å². The quantitative estimate of drug-likeness (QED) is 0.509. The molecule has 154 valence electrons. The molecule has 4 aromatic rings. The van der Waals surface area contributed by atoms with E-state index in [4.69, 9.17) is 4.42 Å². The Kier molecular flexibility index (Phi) is 4.96. The van der Waals surface area contributed by atoms with Crippen LogP contribution in [0.1, 0.15) is 20.7 Å². The van der Waals surface area contributed by atoms with Crippen molar-refractivity contribution in [1.82, 2.24) is 14.8 Å². The third-order valence-electron chi connectivity index (χ3n) is 5.60. The van der Waals surface area contributed by atoms with Crippen molar-refractivity contribution in [2.24, 2.45) is 0 Å². The lowest BCUT2D eigenvalue weighted by Crippen LogP contribution is -2.50. The first-order valence-corrected chi connectivity index (χ1v) is 10.3. The highest BCUT2D eigenvalue weighted by molar-refractivity contribution is 6.07. The zero-order valence-corrected chi connectivity index (χ0v) is 16.9. The summed E-state index contributed by atoms with van der Waals surface area (Å²) in [5.74, 6) is 0.568. The van der Waals surface area contributed by atoms with E-state index in [9.17, 15) is 9.59 Å². The molecule has 2 amide bonds. The number of hydrogen-bond acceptors (Lipinski definition) is 4. The maximum atomic E-state index is 13.4. The van der Waals surface area contributed by atoms with Gasteiger partial charge >= 0.3 is 0 Å². The molecular weight excluding hydrogens is 390 g/mol. The molecule has 0 aliphatic carbocycles. The summed E-state index contributed by atoms with van der Waals surface area (Å²) in [5.41, 5.74) is 2.65. The summed E-state index contributed by atoms with van der Waals surface area (Å²) in [6, 6.07) is 22.3. The second-order valence-corrected chi connectivity index (χ2v) is 7.50. The molecular formula is C25H21N3O3. The number of carbonyl (C=O) groups is 2. The number of piperazine rings is 1. The first kappa shape index (κ1) is 19.1. The van der Waals surface area contributed by atoms with Gasteiger partial charge < -0.3 is 14.2 Å². The zero-order valence-electron chi connectivity index (χ0n) is 16.9. The van der Waals surface area contributed by atoms with Crippen molar-refractivity contribution in [3.05, 3.63) is 90.2 Å². The van der Waals surface area contributed by atoms with Crippen LogP contribution in [0.25, 0.3) is 22.4 Å². The maximum Gasteiger partial charge on any atom is 0.254 e. The number of fused-ring (bicyclic) bond motifs is 1. The highest BCUT2D eigenvalue weighted by Gasteiger charge is 2.27. The molecule has 2 aromatic heterocycles. The molecule has 0 radical (unpaired) electrons. The molecule has 31 heavy (non-hydrogen) atoms. The van der Waals surface area contributed by atoms with Gasteiger partial charge in [-0.3, -0.25) is 9.59 Å². The van der Waals surface area contributed by atoms with Crippen LogP contribution in [0, 0.1) is 0 Å². The fraction of sp³-hybridized carbons (Fsp3) is 0.160. The van der Waals surface area contributed by atoms with E-state index < -0.39 is 0 Å². The van der Waals surface area contributed by atoms with Crippen LogP contribution in [-0.2, 0) is 0 Å². The molecule has 6 nitrogen and oxygen atoms in total. The molecule has 0 atom stereocenters. The monoisotopic (exact) mass is 411 g/mol. The highest BCUT2D eigenvalue weighted by Crippen LogP contribution is 2.26. The summed E-state index contributed by atoms with van der Waals surface area (Å²) in [6.07, 6.45) is 1.59. The van der Waals surface area contributed by atoms with Crippen molar-refractivity contribution in [2.45, 2.75) is 0 Å². The Bertz CT molecular complexity index is 1230. The number of hydrogen-bond donors (Lipinski definition) is 0. The van der Waals surface area contributed by atoms with Crippen molar-refractivity contribution < 1.29 is 14.0 Å². The topological polar surface area (TPSA) is 66.7 Å². The second-order valence-electron chi connectivity index (χ2n) is 7.50. The Morgan fingerprint density at radius 1 is 0.774 bits per heavy atom. The summed E-state index contributed by atoms with van der Waals surface area (Å²) < 4.78 is 5.50. The lowest BCUT2D eigenvalue weighted by atomic mass is 10.0. The van der Waals surface area contributed by atoms with Gasteiger partial charge in [0.15, 0.2) is 5.76 Å². The van der Waals surface area contributed by atoms with Crippen LogP contribution < -0.4 is 0 Å². The Labute approximate surface area is 179 Å². The van der Waals surface area contributed by atoms with Crippen molar-refractivity contribution in [3.8, 4) is 11.5 Å². The molecule has 3 heterocycles. The number of para-hydroxylation sites is 1. The van der Waals surface area contributed by atoms with E-state index >= 15 is 0 Å². The third-order valence-corrected chi connectivity index (χ3v) is 5.60. The summed E-state index contributed by atoms with van der Waals surface area (Å²) in [4.78, 5) is 34.4. The van der Waals surface area contributed by atoms with Gasteiger partial charge in [0, 0.05) is 37.1 Å². The van der Waals surface area contributed by atoms with E-state index in [2.05, 4.69) is 4.98 Å². The van der Waals surface area contributed by atoms with Gasteiger partial charge in [-0.25, -0.2) is 4.98 Å². The maximum absolute atomic E-state index is 13.4. The molecule has 1 aliphatic heterocycles. The highest BCUT2D eigenvalue weighted by atomic mass is 16.3. The molecule has 0 unspecified atom stereocenters. The standard InChI is InChI=1S/C25H21N3O3/c29-24(18-7-2-1-3-8-18)27-12-14-28(15-13-27)25(30)20-17-22(23-11-6-16-31-23)26-21-10-5-4-9-19(20)21/h1-11,16-17H,12-15H2. The van der Waals surface area contributed by atoms with Gasteiger partial charge in [-0.05, 0) is 36.4 Å². The predicted octanol–water partition coefficient (Wildman–Crippen LogP) is 4.09. The molecule has 1 fully saturated rings. The summed E-state index contributed by atoms with van der Waals surface area (Å²) >= 11 is 0. The molecule has 0 N–H and O–H groups in total. The van der Waals surface area contributed by atoms with Crippen LogP contribution in [0.5, 0.6) is 0 Å². The first-order valence-electron chi connectivity index (χ1n) is 10.3. The Hall–Kier alpha value is -3.93. The molecule has 2 aromatic carbocycles. The van der Waals surface area contributed by atoms with Crippen molar-refractivity contribution in [1.29, 1.82) is 0 Å². The zero-order chi connectivity index (χ0) is 21.2. The molecule has 0 bridgehead atoms. The number of pyridine rings is 1. The molecule has 0 saturated carbocycles. The first-order chi connectivity index (χ1) is 15.2. The SMILES string of the molecule is O=C(c1ccccc1)N1CCN(C(=O)c2cc(-c3ccco3)nc3ccccc23)CC1. The molecule has 1 aliphatic rings. The van der Waals surface area contributed by atoms with Crippen molar-refractivity contribution in [2.75, 3.05) is 26.2 Å². The van der Waals surface area contributed by atoms with E-state index in [0.717, 1.165) is 10.9 Å². The average molecular weight is 411 g/mol. The van der Waals surface area contributed by atoms with Crippen LogP contribution >= 0.6 is 0 Å². The van der Waals surface area contributed by atoms with E-state index in [-0.39, 0.29) is 11.8 Å². The second kappa shape index (κ2) is 8.07. The van der Waals surface area contributed by atoms with Gasteiger partial charge in [0.05, 0.1) is 17.3 Å². The largest absolute Gasteiger partial charge is 0.463 e. The number of carbonyl (C=O) groups excluding carboxylic acids is 2. The molecule has 1 saturated heterocycles. The van der Waals surface area contributed by atoms with E-state index in [1.54, 1.807) is 23.3 Å². The Morgan fingerprint density at radius 3 is 2.16 bits per heavy atom. The van der Waals surface area contributed by atoms with Gasteiger partial charge in [0.2, 0.25) is 0 Å². The smallest absolute Gasteiger partial charge is 0.254 e. The fourth-order valence-corrected chi connectivity index (χ4v) is 3.95. The summed E-state index contributed by atoms with van der Waals surface area (Å²) in [5, 5.41) is 0.811. The average Bonchev–Trinajstić information content (AvgIpc) is 3.38. The normalized spacial score (nSPS) is 14.1. The fourth-order valence-electron chi connectivity index (χ4n) is 3.95. The Balaban J connectivity index is 1.39. The molecule has 0 spiro atoms. The molecule has 5 rings (SSSR count). The van der Waals surface area contributed by atoms with Crippen LogP contribution in [-0.4, -0.2) is 52.8 Å². The van der Waals surface area contributed by atoms with Gasteiger partial charge in [0.25, 0.3) is 11.8 Å². The van der Waals surface area contributed by atoms with Gasteiger partial charge in [-0.2, -0.15) is 0 Å². The van der Waals surface area contributed by atoms with E-state index in [1.807, 2.05) is 65.6 Å². The van der Waals surface area contributed by atoms with Gasteiger partial charge in [-0.1, -0.05) is 36.4 Å². The van der Waals surface area contributed by atoms with Crippen LogP contribution in [0.4, 0.5) is 0 Å². The lowest BCUT2D eigenvalue weighted by Gasteiger charge is -2.35. The minimum Gasteiger partial charge on any atom is -0.463 e. The number of benzene rings is 2. The third kappa shape index (κ3) is 3.68. The van der Waals surface area contributed by atoms with Crippen molar-refractivity contribution in [3.63, 3.8) is 0 Å². The van der Waals surface area contributed by atoms with E-state index in [0.29, 0.717) is 48.8 Å². The summed E-state index contributed by atoms with van der Waals surface area (Å²) in [6.45, 7) is 2.00. The van der Waals surface area contributed by atoms with Crippen molar-refractivity contribution >= 4 is 22.7 Å². The lowest BCUT2D eigenvalue weighted by molar-refractivity contribution is 0.0536. The van der Waals surface area contributed by atoms with Crippen LogP contribution in [0.2, 0.25) is 0 Å². The Morgan fingerprint density at radius 2 is 1.45 bits per heavy atom. The number of aromatic nitrogens is 1. The minimum atomic E-state index is -0.0572. The number of nitrogens with zero attached hydrogens (tertiary/aromatic N) is 3. The number of amides is 2. The minimum absolute atomic E-state index is 0.00201. The number of rotatable bonds is 3.